The van der Waals surface area contributed by atoms with E-state index in [1.165, 1.54) is 13.2 Å². The summed E-state index contributed by atoms with van der Waals surface area (Å²) in [6.45, 7) is 6.24. The number of benzene rings is 2. The molecule has 0 aliphatic rings. The van der Waals surface area contributed by atoms with E-state index in [9.17, 15) is 10.1 Å². The topological polar surface area (TPSA) is 71.3 Å². The Morgan fingerprint density at radius 2 is 1.96 bits per heavy atom. The van der Waals surface area contributed by atoms with E-state index >= 15 is 0 Å². The highest BCUT2D eigenvalue weighted by Crippen LogP contribution is 2.34. The number of hydrogen-bond acceptors (Lipinski definition) is 4. The van der Waals surface area contributed by atoms with E-state index in [1.54, 1.807) is 18.2 Å². The molecule has 0 radical (unpaired) electrons. The van der Waals surface area contributed by atoms with Gasteiger partial charge in [0.15, 0.2) is 11.5 Å². The highest BCUT2D eigenvalue weighted by molar-refractivity contribution is 6.32. The maximum absolute atomic E-state index is 12.5. The lowest BCUT2D eigenvalue weighted by Crippen LogP contribution is -2.13. The highest BCUT2D eigenvalue weighted by Gasteiger charge is 2.14. The fourth-order valence-corrected chi connectivity index (χ4v) is 2.62. The van der Waals surface area contributed by atoms with Crippen LogP contribution >= 0.6 is 11.6 Å². The second-order valence-corrected chi connectivity index (χ2v) is 6.29. The number of nitriles is 1. The predicted octanol–water partition coefficient (Wildman–Crippen LogP) is 4.91. The molecule has 0 fully saturated rings. The number of aryl methyl sites for hydroxylation is 2. The van der Waals surface area contributed by atoms with Crippen LogP contribution in [0.2, 0.25) is 5.02 Å². The Labute approximate surface area is 164 Å². The molecule has 5 nitrogen and oxygen atoms in total. The lowest BCUT2D eigenvalue weighted by molar-refractivity contribution is -0.112. The number of nitrogens with zero attached hydrogens (tertiary/aromatic N) is 1. The van der Waals surface area contributed by atoms with E-state index in [4.69, 9.17) is 21.1 Å². The van der Waals surface area contributed by atoms with Crippen molar-refractivity contribution in [2.24, 2.45) is 0 Å². The molecule has 140 valence electrons. The molecule has 27 heavy (non-hydrogen) atoms. The third-order valence-corrected chi connectivity index (χ3v) is 4.34. The predicted molar refractivity (Wildman–Crippen MR) is 107 cm³/mol. The molecule has 6 heteroatoms. The summed E-state index contributed by atoms with van der Waals surface area (Å²) in [5, 5.41) is 12.5. The lowest BCUT2D eigenvalue weighted by atomic mass is 10.1. The van der Waals surface area contributed by atoms with Gasteiger partial charge in [-0.25, -0.2) is 0 Å². The number of anilines is 1. The molecule has 0 unspecified atom stereocenters. The van der Waals surface area contributed by atoms with E-state index in [1.807, 2.05) is 39.0 Å². The molecule has 0 aromatic heterocycles. The number of halogens is 1. The van der Waals surface area contributed by atoms with Crippen molar-refractivity contribution >= 4 is 29.3 Å². The average molecular weight is 385 g/mol. The molecule has 0 saturated heterocycles. The summed E-state index contributed by atoms with van der Waals surface area (Å²) in [6.07, 6.45) is 1.43. The maximum atomic E-state index is 12.5. The van der Waals surface area contributed by atoms with Crippen LogP contribution in [0, 0.1) is 25.2 Å². The number of carbonyl (C=O) groups is 1. The SMILES string of the molecule is CCOc1cc(/C=C(\C#N)C(=O)Nc2ccc(C)c(C)c2)c(Cl)cc1OC. The largest absolute Gasteiger partial charge is 0.493 e. The molecule has 1 N–H and O–H groups in total. The van der Waals surface area contributed by atoms with Crippen LogP contribution in [-0.2, 0) is 4.79 Å². The zero-order valence-corrected chi connectivity index (χ0v) is 16.5. The van der Waals surface area contributed by atoms with Crippen LogP contribution in [-0.4, -0.2) is 19.6 Å². The second kappa shape index (κ2) is 9.11. The Balaban J connectivity index is 2.34. The van der Waals surface area contributed by atoms with Gasteiger partial charge in [0.1, 0.15) is 11.6 Å². The molecular weight excluding hydrogens is 364 g/mol. The summed E-state index contributed by atoms with van der Waals surface area (Å²) in [5.41, 5.74) is 3.22. The number of hydrogen-bond donors (Lipinski definition) is 1. The first kappa shape index (κ1) is 20.3. The van der Waals surface area contributed by atoms with E-state index in [-0.39, 0.29) is 5.57 Å². The minimum atomic E-state index is -0.509. The summed E-state index contributed by atoms with van der Waals surface area (Å²) >= 11 is 6.26. The molecule has 0 bridgehead atoms. The molecule has 1 amide bonds. The molecular formula is C21H21ClN2O3. The third kappa shape index (κ3) is 5.02. The number of amides is 1. The molecule has 0 heterocycles. The molecule has 2 aromatic carbocycles. The molecule has 0 aliphatic heterocycles. The van der Waals surface area contributed by atoms with Crippen molar-refractivity contribution in [1.29, 1.82) is 5.26 Å². The van der Waals surface area contributed by atoms with E-state index < -0.39 is 5.91 Å². The van der Waals surface area contributed by atoms with Gasteiger partial charge < -0.3 is 14.8 Å². The molecule has 0 atom stereocenters. The van der Waals surface area contributed by atoms with Crippen molar-refractivity contribution in [3.63, 3.8) is 0 Å². The Hall–Kier alpha value is -2.97. The smallest absolute Gasteiger partial charge is 0.266 e. The van der Waals surface area contributed by atoms with E-state index in [0.717, 1.165) is 11.1 Å². The minimum Gasteiger partial charge on any atom is -0.493 e. The first-order valence-corrected chi connectivity index (χ1v) is 8.78. The van der Waals surface area contributed by atoms with Crippen LogP contribution in [0.1, 0.15) is 23.6 Å². The van der Waals surface area contributed by atoms with Gasteiger partial charge in [0.05, 0.1) is 18.7 Å². The Bertz CT molecular complexity index is 930. The first-order valence-electron chi connectivity index (χ1n) is 8.40. The molecule has 0 aliphatic carbocycles. The maximum Gasteiger partial charge on any atom is 0.266 e. The van der Waals surface area contributed by atoms with Gasteiger partial charge in [-0.15, -0.1) is 0 Å². The zero-order chi connectivity index (χ0) is 20.0. The van der Waals surface area contributed by atoms with Gasteiger partial charge in [0.2, 0.25) is 0 Å². The number of carbonyl (C=O) groups excluding carboxylic acids is 1. The number of nitrogens with one attached hydrogen (secondary N) is 1. The summed E-state index contributed by atoms with van der Waals surface area (Å²) < 4.78 is 10.8. The van der Waals surface area contributed by atoms with Crippen LogP contribution in [0.3, 0.4) is 0 Å². The van der Waals surface area contributed by atoms with Crippen molar-refractivity contribution < 1.29 is 14.3 Å². The van der Waals surface area contributed by atoms with Crippen LogP contribution in [0.4, 0.5) is 5.69 Å². The van der Waals surface area contributed by atoms with E-state index in [0.29, 0.717) is 34.4 Å². The zero-order valence-electron chi connectivity index (χ0n) is 15.7. The number of methoxy groups -OCH3 is 1. The van der Waals surface area contributed by atoms with Gasteiger partial charge in [0.25, 0.3) is 5.91 Å². The monoisotopic (exact) mass is 384 g/mol. The Morgan fingerprint density at radius 3 is 2.56 bits per heavy atom. The van der Waals surface area contributed by atoms with Gasteiger partial charge in [-0.1, -0.05) is 17.7 Å². The summed E-state index contributed by atoms with van der Waals surface area (Å²) in [6, 6.07) is 10.7. The fraction of sp³-hybridized carbons (Fsp3) is 0.238. The van der Waals surface area contributed by atoms with Crippen molar-refractivity contribution in [2.45, 2.75) is 20.8 Å². The molecule has 0 spiro atoms. The number of ether oxygens (including phenoxy) is 2. The second-order valence-electron chi connectivity index (χ2n) is 5.88. The summed E-state index contributed by atoms with van der Waals surface area (Å²) in [7, 11) is 1.52. The van der Waals surface area contributed by atoms with Gasteiger partial charge in [-0.3, -0.25) is 4.79 Å². The quantitative estimate of drug-likeness (QED) is 0.567. The third-order valence-electron chi connectivity index (χ3n) is 4.01. The average Bonchev–Trinajstić information content (AvgIpc) is 2.64. The van der Waals surface area contributed by atoms with Crippen molar-refractivity contribution in [3.05, 3.63) is 57.6 Å². The molecule has 2 rings (SSSR count). The van der Waals surface area contributed by atoms with Gasteiger partial charge in [-0.2, -0.15) is 5.26 Å². The Morgan fingerprint density at radius 1 is 1.22 bits per heavy atom. The van der Waals surface area contributed by atoms with Crippen LogP contribution in [0.5, 0.6) is 11.5 Å². The van der Waals surface area contributed by atoms with Crippen molar-refractivity contribution in [2.75, 3.05) is 19.0 Å². The lowest BCUT2D eigenvalue weighted by Gasteiger charge is -2.12. The normalized spacial score (nSPS) is 10.9. The molecule has 2 aromatic rings. The minimum absolute atomic E-state index is 0.0669. The summed E-state index contributed by atoms with van der Waals surface area (Å²) in [4.78, 5) is 12.5. The van der Waals surface area contributed by atoms with Gasteiger partial charge in [-0.05, 0) is 61.7 Å². The van der Waals surface area contributed by atoms with Gasteiger partial charge in [0, 0.05) is 11.8 Å². The van der Waals surface area contributed by atoms with Gasteiger partial charge >= 0.3 is 0 Å². The fourth-order valence-electron chi connectivity index (χ4n) is 2.41. The number of rotatable bonds is 6. The van der Waals surface area contributed by atoms with Crippen molar-refractivity contribution in [3.8, 4) is 17.6 Å². The van der Waals surface area contributed by atoms with Crippen molar-refractivity contribution in [1.82, 2.24) is 0 Å². The van der Waals surface area contributed by atoms with Crippen LogP contribution in [0.15, 0.2) is 35.9 Å². The first-order chi connectivity index (χ1) is 12.9. The molecule has 0 saturated carbocycles. The Kier molecular flexibility index (Phi) is 6.86. The van der Waals surface area contributed by atoms with E-state index in [2.05, 4.69) is 5.32 Å². The highest BCUT2D eigenvalue weighted by atomic mass is 35.5. The standard InChI is InChI=1S/C21H21ClN2O3/c1-5-27-20-10-15(18(22)11-19(20)26-4)9-16(12-23)21(25)24-17-7-6-13(2)14(3)8-17/h6-11H,5H2,1-4H3,(H,24,25)/b16-9+. The summed E-state index contributed by atoms with van der Waals surface area (Å²) in [5.74, 6) is 0.463. The van der Waals surface area contributed by atoms with Crippen LogP contribution in [0.25, 0.3) is 6.08 Å². The van der Waals surface area contributed by atoms with Crippen LogP contribution < -0.4 is 14.8 Å².